The van der Waals surface area contributed by atoms with Crippen LogP contribution in [0.1, 0.15) is 33.4 Å². The molecule has 0 radical (unpaired) electrons. The summed E-state index contributed by atoms with van der Waals surface area (Å²) in [4.78, 5) is 4.12. The van der Waals surface area contributed by atoms with Crippen LogP contribution in [0.15, 0.2) is 24.2 Å². The normalized spacial score (nSPS) is 11.5. The largest absolute Gasteiger partial charge is 0.329 e. The third-order valence-corrected chi connectivity index (χ3v) is 2.07. The number of nitrogens with zero attached hydrogens (tertiary/aromatic N) is 2. The van der Waals surface area contributed by atoms with Crippen molar-refractivity contribution in [2.75, 3.05) is 0 Å². The molecule has 0 atom stereocenters. The molecule has 0 saturated heterocycles. The first-order chi connectivity index (χ1) is 6.41. The fraction of sp³-hybridized carbons (Fsp3) is 0.545. The van der Waals surface area contributed by atoms with Gasteiger partial charge in [-0.05, 0) is 27.7 Å². The second-order valence-electron chi connectivity index (χ2n) is 4.43. The molecule has 3 heteroatoms. The highest BCUT2D eigenvalue weighted by molar-refractivity contribution is 5.11. The van der Waals surface area contributed by atoms with E-state index in [0.717, 1.165) is 12.2 Å². The van der Waals surface area contributed by atoms with E-state index in [2.05, 4.69) is 29.5 Å². The highest BCUT2D eigenvalue weighted by atomic mass is 15.1. The van der Waals surface area contributed by atoms with E-state index in [4.69, 9.17) is 5.73 Å². The Morgan fingerprint density at radius 1 is 1.57 bits per heavy atom. The average Bonchev–Trinajstić information content (AvgIpc) is 2.46. The second-order valence-corrected chi connectivity index (χ2v) is 4.43. The number of imidazole rings is 1. The molecule has 0 amide bonds. The highest BCUT2D eigenvalue weighted by Gasteiger charge is 2.18. The van der Waals surface area contributed by atoms with E-state index >= 15 is 0 Å². The third-order valence-electron chi connectivity index (χ3n) is 2.07. The van der Waals surface area contributed by atoms with Gasteiger partial charge in [-0.1, -0.05) is 11.6 Å². The predicted octanol–water partition coefficient (Wildman–Crippen LogP) is 2.04. The fourth-order valence-electron chi connectivity index (χ4n) is 1.28. The monoisotopic (exact) mass is 193 g/mol. The number of allylic oxidation sites excluding steroid dienone is 2. The molecular weight excluding hydrogens is 174 g/mol. The topological polar surface area (TPSA) is 43.8 Å². The highest BCUT2D eigenvalue weighted by Crippen LogP contribution is 2.16. The maximum absolute atomic E-state index is 6.03. The van der Waals surface area contributed by atoms with Crippen molar-refractivity contribution in [3.8, 4) is 0 Å². The van der Waals surface area contributed by atoms with Gasteiger partial charge in [0.2, 0.25) is 0 Å². The van der Waals surface area contributed by atoms with Crippen LogP contribution in [0.4, 0.5) is 0 Å². The van der Waals surface area contributed by atoms with Crippen molar-refractivity contribution in [2.45, 2.75) is 39.8 Å². The third kappa shape index (κ3) is 2.70. The molecule has 1 aromatic heterocycles. The van der Waals surface area contributed by atoms with Crippen molar-refractivity contribution < 1.29 is 0 Å². The lowest BCUT2D eigenvalue weighted by molar-refractivity contribution is 0.505. The van der Waals surface area contributed by atoms with Crippen LogP contribution in [0, 0.1) is 0 Å². The molecule has 0 aliphatic heterocycles. The van der Waals surface area contributed by atoms with Crippen molar-refractivity contribution in [1.82, 2.24) is 9.55 Å². The van der Waals surface area contributed by atoms with Crippen molar-refractivity contribution in [1.29, 1.82) is 0 Å². The molecular formula is C11H19N3. The van der Waals surface area contributed by atoms with Crippen molar-refractivity contribution >= 4 is 0 Å². The van der Waals surface area contributed by atoms with Crippen LogP contribution >= 0.6 is 0 Å². The SMILES string of the molecule is CC(C)=CCn1cncc1C(C)(C)N. The first-order valence-corrected chi connectivity index (χ1v) is 4.84. The van der Waals surface area contributed by atoms with Crippen molar-refractivity contribution in [3.63, 3.8) is 0 Å². The molecule has 0 saturated carbocycles. The Bertz CT molecular complexity index is 325. The predicted molar refractivity (Wildman–Crippen MR) is 58.9 cm³/mol. The number of rotatable bonds is 3. The lowest BCUT2D eigenvalue weighted by atomic mass is 10.0. The van der Waals surface area contributed by atoms with Gasteiger partial charge < -0.3 is 10.3 Å². The zero-order valence-electron chi connectivity index (χ0n) is 9.41. The van der Waals surface area contributed by atoms with Gasteiger partial charge in [0.25, 0.3) is 0 Å². The quantitative estimate of drug-likeness (QED) is 0.747. The van der Waals surface area contributed by atoms with Gasteiger partial charge in [0.15, 0.2) is 0 Å². The molecule has 78 valence electrons. The molecule has 0 fully saturated rings. The van der Waals surface area contributed by atoms with Crippen LogP contribution in [0.5, 0.6) is 0 Å². The number of aromatic nitrogens is 2. The molecule has 14 heavy (non-hydrogen) atoms. The average molecular weight is 193 g/mol. The standard InChI is InChI=1S/C11H19N3/c1-9(2)5-6-14-8-13-7-10(14)11(3,4)12/h5,7-8H,6,12H2,1-4H3. The smallest absolute Gasteiger partial charge is 0.0951 e. The van der Waals surface area contributed by atoms with E-state index in [9.17, 15) is 0 Å². The first-order valence-electron chi connectivity index (χ1n) is 4.84. The van der Waals surface area contributed by atoms with Crippen molar-refractivity contribution in [3.05, 3.63) is 29.9 Å². The van der Waals surface area contributed by atoms with Gasteiger partial charge in [0, 0.05) is 12.7 Å². The van der Waals surface area contributed by atoms with E-state index in [1.54, 1.807) is 0 Å². The lowest BCUT2D eigenvalue weighted by Gasteiger charge is -2.20. The van der Waals surface area contributed by atoms with Gasteiger partial charge in [-0.3, -0.25) is 0 Å². The summed E-state index contributed by atoms with van der Waals surface area (Å²) in [6.07, 6.45) is 5.82. The molecule has 1 rings (SSSR count). The van der Waals surface area contributed by atoms with E-state index in [1.807, 2.05) is 26.4 Å². The summed E-state index contributed by atoms with van der Waals surface area (Å²) >= 11 is 0. The maximum Gasteiger partial charge on any atom is 0.0951 e. The molecule has 2 N–H and O–H groups in total. The Morgan fingerprint density at radius 3 is 2.71 bits per heavy atom. The van der Waals surface area contributed by atoms with E-state index in [0.29, 0.717) is 0 Å². The lowest BCUT2D eigenvalue weighted by Crippen LogP contribution is -2.31. The van der Waals surface area contributed by atoms with Gasteiger partial charge >= 0.3 is 0 Å². The van der Waals surface area contributed by atoms with Crippen LogP contribution in [0.2, 0.25) is 0 Å². The Balaban J connectivity index is 2.89. The number of nitrogens with two attached hydrogens (primary N) is 1. The minimum atomic E-state index is -0.327. The number of hydrogen-bond donors (Lipinski definition) is 1. The van der Waals surface area contributed by atoms with Gasteiger partial charge in [-0.2, -0.15) is 0 Å². The van der Waals surface area contributed by atoms with Crippen molar-refractivity contribution in [2.24, 2.45) is 5.73 Å². The van der Waals surface area contributed by atoms with Gasteiger partial charge in [0.1, 0.15) is 0 Å². The summed E-state index contributed by atoms with van der Waals surface area (Å²) in [7, 11) is 0. The Labute approximate surface area is 85.6 Å². The summed E-state index contributed by atoms with van der Waals surface area (Å²) in [6.45, 7) is 9.00. The molecule has 0 spiro atoms. The van der Waals surface area contributed by atoms with Gasteiger partial charge in [-0.25, -0.2) is 4.98 Å². The fourth-order valence-corrected chi connectivity index (χ4v) is 1.28. The summed E-state index contributed by atoms with van der Waals surface area (Å²) < 4.78 is 2.08. The molecule has 1 heterocycles. The van der Waals surface area contributed by atoms with Crippen LogP contribution < -0.4 is 5.73 Å². The minimum Gasteiger partial charge on any atom is -0.329 e. The second kappa shape index (κ2) is 3.96. The Morgan fingerprint density at radius 2 is 2.21 bits per heavy atom. The van der Waals surface area contributed by atoms with Crippen LogP contribution in [-0.4, -0.2) is 9.55 Å². The van der Waals surface area contributed by atoms with Crippen LogP contribution in [0.3, 0.4) is 0 Å². The first kappa shape index (κ1) is 11.0. The molecule has 0 aromatic carbocycles. The zero-order chi connectivity index (χ0) is 10.8. The summed E-state index contributed by atoms with van der Waals surface area (Å²) in [5, 5.41) is 0. The van der Waals surface area contributed by atoms with Crippen LogP contribution in [0.25, 0.3) is 0 Å². The summed E-state index contributed by atoms with van der Waals surface area (Å²) in [5.74, 6) is 0. The van der Waals surface area contributed by atoms with E-state index < -0.39 is 0 Å². The molecule has 1 aromatic rings. The molecule has 3 nitrogen and oxygen atoms in total. The Kier molecular flexibility index (Phi) is 3.11. The molecule has 0 aliphatic rings. The Hall–Kier alpha value is -1.09. The molecule has 0 aliphatic carbocycles. The van der Waals surface area contributed by atoms with Crippen LogP contribution in [-0.2, 0) is 12.1 Å². The number of hydrogen-bond acceptors (Lipinski definition) is 2. The molecule has 0 bridgehead atoms. The maximum atomic E-state index is 6.03. The van der Waals surface area contributed by atoms with E-state index in [-0.39, 0.29) is 5.54 Å². The minimum absolute atomic E-state index is 0.327. The zero-order valence-corrected chi connectivity index (χ0v) is 9.41. The summed E-state index contributed by atoms with van der Waals surface area (Å²) in [6, 6.07) is 0. The molecule has 0 unspecified atom stereocenters. The van der Waals surface area contributed by atoms with Gasteiger partial charge in [-0.15, -0.1) is 0 Å². The van der Waals surface area contributed by atoms with Gasteiger partial charge in [0.05, 0.1) is 17.6 Å². The van der Waals surface area contributed by atoms with E-state index in [1.165, 1.54) is 5.57 Å². The summed E-state index contributed by atoms with van der Waals surface area (Å²) in [5.41, 5.74) is 8.07.